The van der Waals surface area contributed by atoms with Crippen molar-refractivity contribution in [2.24, 2.45) is 0 Å². The molecule has 1 fully saturated rings. The van der Waals surface area contributed by atoms with Gasteiger partial charge < -0.3 is 0 Å². The monoisotopic (exact) mass is 265 g/mol. The van der Waals surface area contributed by atoms with Gasteiger partial charge in [-0.25, -0.2) is 9.97 Å². The zero-order valence-corrected chi connectivity index (χ0v) is 11.0. The van der Waals surface area contributed by atoms with Gasteiger partial charge in [-0.3, -0.25) is 15.1 Å². The smallest absolute Gasteiger partial charge is 0.242 e. The molecule has 5 nitrogen and oxygen atoms in total. The summed E-state index contributed by atoms with van der Waals surface area (Å²) in [6.45, 7) is 0. The summed E-state index contributed by atoms with van der Waals surface area (Å²) in [7, 11) is 0. The average molecular weight is 265 g/mol. The fourth-order valence-corrected chi connectivity index (χ4v) is 2.67. The van der Waals surface area contributed by atoms with Gasteiger partial charge in [0.25, 0.3) is 0 Å². The molecule has 1 aliphatic rings. The highest BCUT2D eigenvalue weighted by Crippen LogP contribution is 2.39. The van der Waals surface area contributed by atoms with E-state index < -0.39 is 0 Å². The Balaban J connectivity index is 1.71. The van der Waals surface area contributed by atoms with Gasteiger partial charge in [-0.1, -0.05) is 6.42 Å². The van der Waals surface area contributed by atoms with E-state index in [9.17, 15) is 0 Å². The van der Waals surface area contributed by atoms with E-state index in [1.165, 1.54) is 30.2 Å². The highest BCUT2D eigenvalue weighted by molar-refractivity contribution is 5.82. The molecular formula is C15H15N5. The van der Waals surface area contributed by atoms with Crippen LogP contribution in [0.3, 0.4) is 0 Å². The highest BCUT2D eigenvalue weighted by Gasteiger charge is 2.22. The second-order valence-corrected chi connectivity index (χ2v) is 5.18. The molecule has 3 aromatic rings. The van der Waals surface area contributed by atoms with Gasteiger partial charge in [0.2, 0.25) is 5.95 Å². The summed E-state index contributed by atoms with van der Waals surface area (Å²) in [6.07, 6.45) is 13.3. The minimum atomic E-state index is 0.581. The molecule has 0 bridgehead atoms. The van der Waals surface area contributed by atoms with E-state index in [4.69, 9.17) is 0 Å². The molecule has 0 unspecified atom stereocenters. The van der Waals surface area contributed by atoms with Crippen molar-refractivity contribution in [3.8, 4) is 0 Å². The summed E-state index contributed by atoms with van der Waals surface area (Å²) in [6, 6.07) is 3.95. The summed E-state index contributed by atoms with van der Waals surface area (Å²) in [4.78, 5) is 12.8. The predicted octanol–water partition coefficient (Wildman–Crippen LogP) is 2.97. The van der Waals surface area contributed by atoms with E-state index in [-0.39, 0.29) is 0 Å². The fraction of sp³-hybridized carbons (Fsp3) is 0.267. The highest BCUT2D eigenvalue weighted by atomic mass is 15.4. The Kier molecular flexibility index (Phi) is 2.62. The number of fused-ring (bicyclic) bond motifs is 1. The molecule has 1 aliphatic carbocycles. The quantitative estimate of drug-likeness (QED) is 0.791. The van der Waals surface area contributed by atoms with Crippen molar-refractivity contribution in [3.63, 3.8) is 0 Å². The van der Waals surface area contributed by atoms with Crippen LogP contribution in [-0.4, -0.2) is 19.6 Å². The van der Waals surface area contributed by atoms with Crippen molar-refractivity contribution in [2.75, 3.05) is 5.43 Å². The summed E-state index contributed by atoms with van der Waals surface area (Å²) in [5.74, 6) is 1.28. The molecule has 1 N–H and O–H groups in total. The number of hydrogen-bond acceptors (Lipinski definition) is 4. The van der Waals surface area contributed by atoms with Crippen molar-refractivity contribution < 1.29 is 0 Å². The van der Waals surface area contributed by atoms with E-state index >= 15 is 0 Å². The third kappa shape index (κ3) is 1.91. The van der Waals surface area contributed by atoms with Gasteiger partial charge in [0.1, 0.15) is 0 Å². The summed E-state index contributed by atoms with van der Waals surface area (Å²) < 4.78 is 1.88. The molecule has 3 heterocycles. The minimum absolute atomic E-state index is 0.581. The summed E-state index contributed by atoms with van der Waals surface area (Å²) >= 11 is 0. The Labute approximate surface area is 116 Å². The van der Waals surface area contributed by atoms with Gasteiger partial charge >= 0.3 is 0 Å². The minimum Gasteiger partial charge on any atom is -0.265 e. The SMILES string of the molecule is c1cnc(Nn2cc3nccc(C4CCC4)c3c2)nc1. The Bertz CT molecular complexity index is 730. The van der Waals surface area contributed by atoms with Gasteiger partial charge in [0.15, 0.2) is 0 Å². The van der Waals surface area contributed by atoms with Crippen LogP contribution in [0.5, 0.6) is 0 Å². The van der Waals surface area contributed by atoms with Crippen LogP contribution in [0.15, 0.2) is 43.1 Å². The topological polar surface area (TPSA) is 55.6 Å². The molecule has 3 aromatic heterocycles. The van der Waals surface area contributed by atoms with Crippen LogP contribution in [0.4, 0.5) is 5.95 Å². The Morgan fingerprint density at radius 2 is 1.90 bits per heavy atom. The molecular weight excluding hydrogens is 250 g/mol. The maximum Gasteiger partial charge on any atom is 0.242 e. The molecule has 0 atom stereocenters. The van der Waals surface area contributed by atoms with Crippen molar-refractivity contribution in [3.05, 3.63) is 48.7 Å². The lowest BCUT2D eigenvalue weighted by Crippen LogP contribution is -2.09. The maximum atomic E-state index is 4.44. The van der Waals surface area contributed by atoms with Crippen molar-refractivity contribution in [1.82, 2.24) is 19.6 Å². The van der Waals surface area contributed by atoms with Crippen LogP contribution in [0.25, 0.3) is 10.9 Å². The first-order chi connectivity index (χ1) is 9.90. The predicted molar refractivity (Wildman–Crippen MR) is 77.4 cm³/mol. The van der Waals surface area contributed by atoms with Gasteiger partial charge in [-0.15, -0.1) is 0 Å². The molecule has 0 spiro atoms. The molecule has 4 rings (SSSR count). The molecule has 1 saturated carbocycles. The normalized spacial score (nSPS) is 15.2. The molecule has 0 aromatic carbocycles. The number of pyridine rings is 1. The second kappa shape index (κ2) is 4.59. The number of hydrogen-bond donors (Lipinski definition) is 1. The van der Waals surface area contributed by atoms with Crippen LogP contribution in [-0.2, 0) is 0 Å². The van der Waals surface area contributed by atoms with Crippen molar-refractivity contribution >= 4 is 16.9 Å². The van der Waals surface area contributed by atoms with Gasteiger partial charge in [-0.05, 0) is 36.5 Å². The number of aromatic nitrogens is 4. The van der Waals surface area contributed by atoms with Crippen LogP contribution < -0.4 is 5.43 Å². The standard InChI is InChI=1S/C15H15N5/c1-3-11(4-1)12-5-8-16-14-10-20(9-13(12)14)19-15-17-6-2-7-18-15/h2,5-11H,1,3-4H2,(H,17,18,19). The van der Waals surface area contributed by atoms with E-state index in [0.717, 1.165) is 5.52 Å². The van der Waals surface area contributed by atoms with Gasteiger partial charge in [0, 0.05) is 30.2 Å². The first-order valence-corrected chi connectivity index (χ1v) is 6.91. The maximum absolute atomic E-state index is 4.44. The van der Waals surface area contributed by atoms with Crippen LogP contribution in [0.1, 0.15) is 30.7 Å². The molecule has 0 amide bonds. The average Bonchev–Trinajstić information content (AvgIpc) is 2.81. The van der Waals surface area contributed by atoms with Crippen LogP contribution in [0, 0.1) is 0 Å². The Hall–Kier alpha value is -2.43. The molecule has 0 radical (unpaired) electrons. The fourth-order valence-electron chi connectivity index (χ4n) is 2.67. The van der Waals surface area contributed by atoms with E-state index in [1.807, 2.05) is 17.1 Å². The van der Waals surface area contributed by atoms with E-state index in [1.54, 1.807) is 18.5 Å². The van der Waals surface area contributed by atoms with Crippen molar-refractivity contribution in [1.29, 1.82) is 0 Å². The Morgan fingerprint density at radius 3 is 2.65 bits per heavy atom. The second-order valence-electron chi connectivity index (χ2n) is 5.18. The van der Waals surface area contributed by atoms with Gasteiger partial charge in [-0.2, -0.15) is 0 Å². The summed E-state index contributed by atoms with van der Waals surface area (Å²) in [5, 5.41) is 1.22. The molecule has 100 valence electrons. The zero-order valence-electron chi connectivity index (χ0n) is 11.0. The number of nitrogens with one attached hydrogen (secondary N) is 1. The zero-order chi connectivity index (χ0) is 13.4. The largest absolute Gasteiger partial charge is 0.265 e. The lowest BCUT2D eigenvalue weighted by Gasteiger charge is -2.26. The van der Waals surface area contributed by atoms with E-state index in [2.05, 4.69) is 32.6 Å². The first-order valence-electron chi connectivity index (χ1n) is 6.91. The third-order valence-electron chi connectivity index (χ3n) is 3.92. The first kappa shape index (κ1) is 11.4. The molecule has 20 heavy (non-hydrogen) atoms. The van der Waals surface area contributed by atoms with Crippen LogP contribution in [0.2, 0.25) is 0 Å². The summed E-state index contributed by atoms with van der Waals surface area (Å²) in [5.41, 5.74) is 5.57. The van der Waals surface area contributed by atoms with Crippen molar-refractivity contribution in [2.45, 2.75) is 25.2 Å². The third-order valence-corrected chi connectivity index (χ3v) is 3.92. The van der Waals surface area contributed by atoms with Crippen LogP contribution >= 0.6 is 0 Å². The number of nitrogens with zero attached hydrogens (tertiary/aromatic N) is 4. The van der Waals surface area contributed by atoms with E-state index in [0.29, 0.717) is 11.9 Å². The van der Waals surface area contributed by atoms with Gasteiger partial charge in [0.05, 0.1) is 11.7 Å². The Morgan fingerprint density at radius 1 is 1.05 bits per heavy atom. The molecule has 5 heteroatoms. The lowest BCUT2D eigenvalue weighted by atomic mass is 9.79. The number of rotatable bonds is 3. The molecule has 0 aliphatic heterocycles. The molecule has 0 saturated heterocycles. The number of anilines is 1. The lowest BCUT2D eigenvalue weighted by molar-refractivity contribution is 0.422.